The van der Waals surface area contributed by atoms with Crippen LogP contribution >= 0.6 is 11.8 Å². The van der Waals surface area contributed by atoms with Crippen LogP contribution in [0, 0.1) is 23.0 Å². The maximum atomic E-state index is 12.6. The highest BCUT2D eigenvalue weighted by molar-refractivity contribution is 8.00. The second-order valence-corrected chi connectivity index (χ2v) is 8.52. The fraction of sp³-hybridized carbons (Fsp3) is 0.500. The molecule has 2 N–H and O–H groups in total. The second kappa shape index (κ2) is 8.98. The Hall–Kier alpha value is -3.42. The number of nitrogens with one attached hydrogen (secondary N) is 1. The number of rotatable bonds is 8. The minimum absolute atomic E-state index is 0.0702. The minimum atomic E-state index is -1.32. The van der Waals surface area contributed by atoms with Crippen molar-refractivity contribution >= 4 is 41.3 Å². The first-order valence-corrected chi connectivity index (χ1v) is 10.6. The molecule has 0 spiro atoms. The van der Waals surface area contributed by atoms with Gasteiger partial charge in [-0.1, -0.05) is 6.92 Å². The third-order valence-corrected chi connectivity index (χ3v) is 6.39. The second-order valence-electron chi connectivity index (χ2n) is 7.42. The third-order valence-electron chi connectivity index (χ3n) is 5.05. The number of thioether (sulfide) groups is 1. The van der Waals surface area contributed by atoms with Crippen LogP contribution in [0.25, 0.3) is 0 Å². The van der Waals surface area contributed by atoms with E-state index in [0.29, 0.717) is 11.3 Å². The van der Waals surface area contributed by atoms with Gasteiger partial charge in [-0.25, -0.2) is 4.79 Å². The Balaban J connectivity index is 1.67. The van der Waals surface area contributed by atoms with E-state index in [1.54, 1.807) is 13.8 Å². The molecule has 14 heteroatoms. The Morgan fingerprint density at radius 3 is 2.72 bits per heavy atom. The normalized spacial score (nSPS) is 20.8. The lowest BCUT2D eigenvalue weighted by atomic mass is 10.0. The molecule has 0 aliphatic carbocycles. The van der Waals surface area contributed by atoms with Crippen molar-refractivity contribution in [3.63, 3.8) is 0 Å². The SMILES string of the molecule is CC(=O)OCC1=C(C(=O)O)N2C(=O)[C@H](NC(=O)[C@H](C)Cn3nc([N+](=O)[O-])cc3C)[C@@H]2SC1. The van der Waals surface area contributed by atoms with Gasteiger partial charge in [0.25, 0.3) is 5.91 Å². The summed E-state index contributed by atoms with van der Waals surface area (Å²) in [6.45, 7) is 4.26. The lowest BCUT2D eigenvalue weighted by Gasteiger charge is -2.49. The maximum absolute atomic E-state index is 12.6. The molecule has 2 aliphatic heterocycles. The molecule has 3 heterocycles. The van der Waals surface area contributed by atoms with Gasteiger partial charge >= 0.3 is 17.8 Å². The zero-order valence-corrected chi connectivity index (χ0v) is 18.2. The topological polar surface area (TPSA) is 174 Å². The molecule has 13 nitrogen and oxygen atoms in total. The summed E-state index contributed by atoms with van der Waals surface area (Å²) in [6.07, 6.45) is 0. The summed E-state index contributed by atoms with van der Waals surface area (Å²) >= 11 is 1.26. The van der Waals surface area contributed by atoms with E-state index in [4.69, 9.17) is 4.74 Å². The number of esters is 1. The van der Waals surface area contributed by atoms with Crippen LogP contribution < -0.4 is 5.32 Å². The molecule has 0 saturated carbocycles. The van der Waals surface area contributed by atoms with Gasteiger partial charge in [-0.3, -0.25) is 19.3 Å². The predicted octanol–water partition coefficient (Wildman–Crippen LogP) is 0.0375. The molecule has 2 aliphatic rings. The van der Waals surface area contributed by atoms with Crippen LogP contribution in [0.4, 0.5) is 5.82 Å². The maximum Gasteiger partial charge on any atom is 0.390 e. The molecule has 0 aromatic carbocycles. The number of fused-ring (bicyclic) bond motifs is 1. The van der Waals surface area contributed by atoms with E-state index in [1.807, 2.05) is 0 Å². The average Bonchev–Trinajstić information content (AvgIpc) is 3.09. The number of aliphatic carboxylic acids is 1. The first-order chi connectivity index (χ1) is 15.0. The fourth-order valence-electron chi connectivity index (χ4n) is 3.39. The largest absolute Gasteiger partial charge is 0.477 e. The van der Waals surface area contributed by atoms with Crippen molar-refractivity contribution in [3.8, 4) is 0 Å². The van der Waals surface area contributed by atoms with Crippen molar-refractivity contribution in [2.45, 2.75) is 38.7 Å². The van der Waals surface area contributed by atoms with E-state index in [-0.39, 0.29) is 30.4 Å². The van der Waals surface area contributed by atoms with Crippen molar-refractivity contribution in [1.29, 1.82) is 0 Å². The number of hydrogen-bond acceptors (Lipinski definition) is 9. The Morgan fingerprint density at radius 2 is 2.16 bits per heavy atom. The van der Waals surface area contributed by atoms with E-state index in [2.05, 4.69) is 10.4 Å². The Morgan fingerprint density at radius 1 is 1.47 bits per heavy atom. The minimum Gasteiger partial charge on any atom is -0.477 e. The molecule has 3 rings (SSSR count). The van der Waals surface area contributed by atoms with E-state index in [1.165, 1.54) is 29.4 Å². The van der Waals surface area contributed by atoms with Crippen LogP contribution in [0.2, 0.25) is 0 Å². The van der Waals surface area contributed by atoms with Gasteiger partial charge in [0.15, 0.2) is 0 Å². The van der Waals surface area contributed by atoms with Crippen LogP contribution in [0.3, 0.4) is 0 Å². The Kier molecular flexibility index (Phi) is 6.52. The lowest BCUT2D eigenvalue weighted by Crippen LogP contribution is -2.71. The van der Waals surface area contributed by atoms with Crippen molar-refractivity contribution in [3.05, 3.63) is 33.1 Å². The number of carbonyl (C=O) groups excluding carboxylic acids is 3. The van der Waals surface area contributed by atoms with Gasteiger partial charge in [-0.2, -0.15) is 4.68 Å². The molecule has 0 bridgehead atoms. The van der Waals surface area contributed by atoms with Crippen LogP contribution in [0.15, 0.2) is 17.3 Å². The molecule has 32 heavy (non-hydrogen) atoms. The quantitative estimate of drug-likeness (QED) is 0.230. The van der Waals surface area contributed by atoms with E-state index in [9.17, 15) is 34.4 Å². The van der Waals surface area contributed by atoms with Gasteiger partial charge in [0.1, 0.15) is 23.7 Å². The van der Waals surface area contributed by atoms with Crippen LogP contribution in [-0.2, 0) is 30.5 Å². The van der Waals surface area contributed by atoms with Crippen LogP contribution in [0.5, 0.6) is 0 Å². The summed E-state index contributed by atoms with van der Waals surface area (Å²) in [5.41, 5.74) is 0.579. The van der Waals surface area contributed by atoms with E-state index >= 15 is 0 Å². The zero-order chi connectivity index (χ0) is 23.7. The zero-order valence-electron chi connectivity index (χ0n) is 17.4. The number of aryl methyl sites for hydroxylation is 1. The first kappa shape index (κ1) is 23.2. The smallest absolute Gasteiger partial charge is 0.390 e. The van der Waals surface area contributed by atoms with Crippen LogP contribution in [-0.4, -0.2) is 72.2 Å². The number of ether oxygens (including phenoxy) is 1. The van der Waals surface area contributed by atoms with Gasteiger partial charge in [-0.15, -0.1) is 11.8 Å². The number of aromatic nitrogens is 2. The molecule has 0 radical (unpaired) electrons. The monoisotopic (exact) mass is 467 g/mol. The molecular weight excluding hydrogens is 446 g/mol. The highest BCUT2D eigenvalue weighted by Gasteiger charge is 2.54. The van der Waals surface area contributed by atoms with E-state index in [0.717, 1.165) is 4.90 Å². The molecular formula is C18H21N5O8S. The highest BCUT2D eigenvalue weighted by atomic mass is 32.2. The van der Waals surface area contributed by atoms with Crippen molar-refractivity contribution in [1.82, 2.24) is 20.0 Å². The number of nitrogens with zero attached hydrogens (tertiary/aromatic N) is 4. The average molecular weight is 467 g/mol. The van der Waals surface area contributed by atoms with Crippen molar-refractivity contribution in [2.24, 2.45) is 5.92 Å². The Labute approximate surface area is 185 Å². The first-order valence-electron chi connectivity index (χ1n) is 9.53. The summed E-state index contributed by atoms with van der Waals surface area (Å²) in [5, 5.41) is 26.3. The summed E-state index contributed by atoms with van der Waals surface area (Å²) in [5.74, 6) is -3.68. The molecule has 1 fully saturated rings. The summed E-state index contributed by atoms with van der Waals surface area (Å²) in [7, 11) is 0. The molecule has 1 aromatic heterocycles. The molecule has 1 aromatic rings. The van der Waals surface area contributed by atoms with Crippen molar-refractivity contribution < 1.29 is 33.9 Å². The summed E-state index contributed by atoms with van der Waals surface area (Å²) in [6, 6.07) is 0.386. The van der Waals surface area contributed by atoms with Gasteiger partial charge in [0.2, 0.25) is 5.91 Å². The predicted molar refractivity (Wildman–Crippen MR) is 109 cm³/mol. The van der Waals surface area contributed by atoms with Crippen LogP contribution in [0.1, 0.15) is 19.5 Å². The number of amides is 2. The van der Waals surface area contributed by atoms with Gasteiger partial charge in [-0.05, 0) is 11.8 Å². The molecule has 3 atom stereocenters. The molecule has 0 unspecified atom stereocenters. The standard InChI is InChI=1S/C18H21N5O8S/c1-8(5-21-9(2)4-12(20-21)23(29)30)15(25)19-13-16(26)22-14(18(27)28)11(6-31-10(3)24)7-32-17(13)22/h4,8,13,17H,5-7H2,1-3H3,(H,19,25)(H,27,28)/t8-,13+,17+/m1/s1. The Bertz CT molecular complexity index is 1030. The van der Waals surface area contributed by atoms with Gasteiger partial charge in [0, 0.05) is 18.2 Å². The van der Waals surface area contributed by atoms with E-state index < -0.39 is 46.0 Å². The molecule has 172 valence electrons. The number of carbonyl (C=O) groups is 4. The number of carboxylic acids is 1. The molecule has 1 saturated heterocycles. The number of carboxylic acid groups (broad SMARTS) is 1. The lowest BCUT2D eigenvalue weighted by molar-refractivity contribution is -0.389. The van der Waals surface area contributed by atoms with Gasteiger partial charge in [0.05, 0.1) is 29.3 Å². The highest BCUT2D eigenvalue weighted by Crippen LogP contribution is 2.40. The number of nitro groups is 1. The number of β-lactam (4-membered cyclic amide) rings is 1. The number of hydrogen-bond donors (Lipinski definition) is 2. The van der Waals surface area contributed by atoms with Crippen molar-refractivity contribution in [2.75, 3.05) is 12.4 Å². The third kappa shape index (κ3) is 4.44. The molecule has 2 amide bonds. The van der Waals surface area contributed by atoms with Gasteiger partial charge < -0.3 is 25.3 Å². The summed E-state index contributed by atoms with van der Waals surface area (Å²) < 4.78 is 6.23. The summed E-state index contributed by atoms with van der Waals surface area (Å²) in [4.78, 5) is 59.4. The fourth-order valence-corrected chi connectivity index (χ4v) is 4.72.